The smallest absolute Gasteiger partial charge is 0.142 e. The highest BCUT2D eigenvalue weighted by molar-refractivity contribution is 5.87. The Bertz CT molecular complexity index is 573. The SMILES string of the molecule is CN(CC1C2CNC[C@@H]21)c1ncnc2[nH]ccc12.Cl. The van der Waals surface area contributed by atoms with Gasteiger partial charge >= 0.3 is 0 Å². The maximum Gasteiger partial charge on any atom is 0.142 e. The van der Waals surface area contributed by atoms with Crippen LogP contribution in [0.3, 0.4) is 0 Å². The van der Waals surface area contributed by atoms with Crippen molar-refractivity contribution in [3.05, 3.63) is 18.6 Å². The summed E-state index contributed by atoms with van der Waals surface area (Å²) in [4.78, 5) is 14.1. The highest BCUT2D eigenvalue weighted by atomic mass is 35.5. The summed E-state index contributed by atoms with van der Waals surface area (Å²) in [5.41, 5.74) is 0.921. The van der Waals surface area contributed by atoms with Gasteiger partial charge in [0.1, 0.15) is 17.8 Å². The number of nitrogens with one attached hydrogen (secondary N) is 2. The second-order valence-corrected chi connectivity index (χ2v) is 5.47. The summed E-state index contributed by atoms with van der Waals surface area (Å²) in [6.45, 7) is 3.51. The van der Waals surface area contributed by atoms with Crippen molar-refractivity contribution in [2.45, 2.75) is 0 Å². The van der Waals surface area contributed by atoms with Crippen LogP contribution >= 0.6 is 12.4 Å². The molecule has 0 amide bonds. The Morgan fingerprint density at radius 1 is 1.32 bits per heavy atom. The van der Waals surface area contributed by atoms with Crippen LogP contribution in [0.1, 0.15) is 0 Å². The van der Waals surface area contributed by atoms with E-state index in [1.165, 1.54) is 13.1 Å². The first-order valence-corrected chi connectivity index (χ1v) is 6.54. The molecule has 102 valence electrons. The Hall–Kier alpha value is -1.33. The molecule has 6 heteroatoms. The molecule has 1 aliphatic carbocycles. The fraction of sp³-hybridized carbons (Fsp3) is 0.538. The van der Waals surface area contributed by atoms with E-state index in [1.807, 2.05) is 6.20 Å². The van der Waals surface area contributed by atoms with Crippen molar-refractivity contribution in [2.24, 2.45) is 17.8 Å². The lowest BCUT2D eigenvalue weighted by atomic mass is 10.2. The average Bonchev–Trinajstić information content (AvgIpc) is 2.82. The number of hydrogen-bond donors (Lipinski definition) is 2. The first kappa shape index (κ1) is 12.7. The Balaban J connectivity index is 0.00000110. The van der Waals surface area contributed by atoms with Gasteiger partial charge in [-0.3, -0.25) is 0 Å². The first-order chi connectivity index (χ1) is 8.84. The minimum Gasteiger partial charge on any atom is -0.359 e. The van der Waals surface area contributed by atoms with Crippen LogP contribution in [-0.2, 0) is 0 Å². The fourth-order valence-corrected chi connectivity index (χ4v) is 3.38. The van der Waals surface area contributed by atoms with Gasteiger partial charge in [0.05, 0.1) is 5.39 Å². The second kappa shape index (κ2) is 4.65. The number of halogens is 1. The summed E-state index contributed by atoms with van der Waals surface area (Å²) in [6.07, 6.45) is 3.56. The molecule has 2 aromatic heterocycles. The Morgan fingerprint density at radius 3 is 2.89 bits per heavy atom. The van der Waals surface area contributed by atoms with Crippen molar-refractivity contribution in [1.82, 2.24) is 20.3 Å². The molecule has 0 aromatic carbocycles. The molecule has 2 unspecified atom stereocenters. The van der Waals surface area contributed by atoms with Crippen LogP contribution in [0.25, 0.3) is 11.0 Å². The zero-order valence-electron chi connectivity index (χ0n) is 10.8. The van der Waals surface area contributed by atoms with Gasteiger partial charge in [0.15, 0.2) is 0 Å². The van der Waals surface area contributed by atoms with Crippen LogP contribution in [0.15, 0.2) is 18.6 Å². The Kier molecular flexibility index (Phi) is 3.11. The summed E-state index contributed by atoms with van der Waals surface area (Å²) >= 11 is 0. The van der Waals surface area contributed by atoms with Crippen molar-refractivity contribution >= 4 is 29.3 Å². The van der Waals surface area contributed by atoms with Crippen molar-refractivity contribution in [2.75, 3.05) is 31.6 Å². The number of H-pyrrole nitrogens is 1. The lowest BCUT2D eigenvalue weighted by Gasteiger charge is -2.19. The lowest BCUT2D eigenvalue weighted by Crippen LogP contribution is -2.26. The van der Waals surface area contributed by atoms with E-state index in [0.717, 1.165) is 41.1 Å². The van der Waals surface area contributed by atoms with Gasteiger partial charge in [-0.1, -0.05) is 0 Å². The number of aromatic nitrogens is 3. The minimum atomic E-state index is 0. The third-order valence-corrected chi connectivity index (χ3v) is 4.45. The van der Waals surface area contributed by atoms with Crippen LogP contribution in [-0.4, -0.2) is 41.6 Å². The number of hydrogen-bond acceptors (Lipinski definition) is 4. The van der Waals surface area contributed by atoms with Crippen LogP contribution in [0.5, 0.6) is 0 Å². The summed E-state index contributed by atoms with van der Waals surface area (Å²) in [5, 5.41) is 4.56. The molecule has 3 atom stereocenters. The first-order valence-electron chi connectivity index (χ1n) is 6.54. The van der Waals surface area contributed by atoms with Gasteiger partial charge in [-0.15, -0.1) is 12.4 Å². The van der Waals surface area contributed by atoms with Gasteiger partial charge < -0.3 is 15.2 Å². The minimum absolute atomic E-state index is 0. The highest BCUT2D eigenvalue weighted by Crippen LogP contribution is 2.49. The van der Waals surface area contributed by atoms with Crippen LogP contribution in [0.2, 0.25) is 0 Å². The predicted octanol–water partition coefficient (Wildman–Crippen LogP) is 1.28. The molecular weight excluding hydrogens is 262 g/mol. The van der Waals surface area contributed by atoms with Crippen molar-refractivity contribution < 1.29 is 0 Å². The molecule has 3 heterocycles. The standard InChI is InChI=1S/C13H17N5.ClH/c1-18(6-11-9-4-14-5-10(9)11)13-8-2-3-15-12(8)16-7-17-13;/h2-3,7,9-11,14H,4-6H2,1H3,(H,15,16,17);1H/t9-,10?,11?;/m0./s1. The van der Waals surface area contributed by atoms with Crippen LogP contribution < -0.4 is 10.2 Å². The van der Waals surface area contributed by atoms with E-state index in [4.69, 9.17) is 0 Å². The van der Waals surface area contributed by atoms with Gasteiger partial charge in [-0.2, -0.15) is 0 Å². The van der Waals surface area contributed by atoms with Crippen LogP contribution in [0, 0.1) is 17.8 Å². The predicted molar refractivity (Wildman–Crippen MR) is 77.7 cm³/mol. The number of piperidine rings is 1. The van der Waals surface area contributed by atoms with Gasteiger partial charge in [-0.25, -0.2) is 9.97 Å². The van der Waals surface area contributed by atoms with E-state index >= 15 is 0 Å². The molecule has 1 aliphatic heterocycles. The summed E-state index contributed by atoms with van der Waals surface area (Å²) < 4.78 is 0. The molecule has 5 nitrogen and oxygen atoms in total. The molecule has 2 aromatic rings. The lowest BCUT2D eigenvalue weighted by molar-refractivity contribution is 0.591. The molecule has 1 saturated carbocycles. The molecule has 2 N–H and O–H groups in total. The summed E-state index contributed by atoms with van der Waals surface area (Å²) in [7, 11) is 2.14. The van der Waals surface area contributed by atoms with Gasteiger partial charge in [0.2, 0.25) is 0 Å². The van der Waals surface area contributed by atoms with Crippen molar-refractivity contribution in [3.8, 4) is 0 Å². The number of rotatable bonds is 3. The molecule has 2 aliphatic rings. The second-order valence-electron chi connectivity index (χ2n) is 5.47. The molecular formula is C13H18ClN5. The van der Waals surface area contributed by atoms with E-state index in [2.05, 4.69) is 38.3 Å². The quantitative estimate of drug-likeness (QED) is 0.889. The van der Waals surface area contributed by atoms with E-state index in [9.17, 15) is 0 Å². The van der Waals surface area contributed by atoms with E-state index in [1.54, 1.807) is 6.33 Å². The van der Waals surface area contributed by atoms with E-state index < -0.39 is 0 Å². The van der Waals surface area contributed by atoms with Gasteiger partial charge in [0, 0.05) is 19.8 Å². The van der Waals surface area contributed by atoms with Crippen molar-refractivity contribution in [3.63, 3.8) is 0 Å². The highest BCUT2D eigenvalue weighted by Gasteiger charge is 2.52. The maximum atomic E-state index is 4.43. The third kappa shape index (κ3) is 1.97. The largest absolute Gasteiger partial charge is 0.359 e. The number of anilines is 1. The monoisotopic (exact) mass is 279 g/mol. The normalized spacial score (nSPS) is 27.9. The molecule has 4 rings (SSSR count). The molecule has 2 fully saturated rings. The molecule has 1 saturated heterocycles. The van der Waals surface area contributed by atoms with E-state index in [0.29, 0.717) is 0 Å². The van der Waals surface area contributed by atoms with Crippen molar-refractivity contribution in [1.29, 1.82) is 0 Å². The Morgan fingerprint density at radius 2 is 2.11 bits per heavy atom. The van der Waals surface area contributed by atoms with Gasteiger partial charge in [0.25, 0.3) is 0 Å². The zero-order chi connectivity index (χ0) is 12.1. The number of aromatic amines is 1. The zero-order valence-corrected chi connectivity index (χ0v) is 11.7. The third-order valence-electron chi connectivity index (χ3n) is 4.45. The Labute approximate surface area is 118 Å². The average molecular weight is 280 g/mol. The van der Waals surface area contributed by atoms with Gasteiger partial charge in [-0.05, 0) is 36.9 Å². The summed E-state index contributed by atoms with van der Waals surface area (Å²) in [5.74, 6) is 3.69. The molecule has 0 spiro atoms. The molecule has 0 bridgehead atoms. The number of fused-ring (bicyclic) bond motifs is 2. The topological polar surface area (TPSA) is 56.8 Å². The molecule has 19 heavy (non-hydrogen) atoms. The molecule has 0 radical (unpaired) electrons. The van der Waals surface area contributed by atoms with Crippen LogP contribution in [0.4, 0.5) is 5.82 Å². The van der Waals surface area contributed by atoms with E-state index in [-0.39, 0.29) is 12.4 Å². The number of nitrogens with zero attached hydrogens (tertiary/aromatic N) is 3. The fourth-order valence-electron chi connectivity index (χ4n) is 3.38. The maximum absolute atomic E-state index is 4.43. The summed E-state index contributed by atoms with van der Waals surface area (Å²) in [6, 6.07) is 2.05.